The molecule has 0 bridgehead atoms. The number of aromatic nitrogens is 2. The minimum Gasteiger partial charge on any atom is -0.481 e. The Labute approximate surface area is 133 Å². The zero-order valence-electron chi connectivity index (χ0n) is 12.9. The van der Waals surface area contributed by atoms with Crippen molar-refractivity contribution in [1.82, 2.24) is 9.38 Å². The molecule has 0 aliphatic carbocycles. The van der Waals surface area contributed by atoms with Gasteiger partial charge < -0.3 is 5.11 Å². The summed E-state index contributed by atoms with van der Waals surface area (Å²) in [4.78, 5) is 17.5. The highest BCUT2D eigenvalue weighted by Crippen LogP contribution is 2.34. The van der Waals surface area contributed by atoms with Crippen molar-refractivity contribution in [2.45, 2.75) is 33.6 Å². The van der Waals surface area contributed by atoms with E-state index >= 15 is 0 Å². The van der Waals surface area contributed by atoms with Gasteiger partial charge in [0.2, 0.25) is 0 Å². The average molecular weight is 314 g/mol. The molecule has 0 unspecified atom stereocenters. The Morgan fingerprint density at radius 3 is 2.77 bits per heavy atom. The number of fused-ring (bicyclic) bond motifs is 1. The van der Waals surface area contributed by atoms with Crippen LogP contribution in [-0.4, -0.2) is 20.5 Å². The van der Waals surface area contributed by atoms with E-state index in [-0.39, 0.29) is 6.42 Å². The molecule has 1 aromatic carbocycles. The summed E-state index contributed by atoms with van der Waals surface area (Å²) >= 11 is 1.64. The number of hydrogen-bond acceptors (Lipinski definition) is 3. The van der Waals surface area contributed by atoms with Crippen molar-refractivity contribution in [2.24, 2.45) is 0 Å². The van der Waals surface area contributed by atoms with Crippen molar-refractivity contribution in [3.63, 3.8) is 0 Å². The summed E-state index contributed by atoms with van der Waals surface area (Å²) in [5.74, 6) is -0.852. The van der Waals surface area contributed by atoms with Gasteiger partial charge in [0.25, 0.3) is 0 Å². The third kappa shape index (κ3) is 2.52. The molecule has 0 radical (unpaired) electrons. The molecule has 0 aliphatic rings. The predicted octanol–water partition coefficient (Wildman–Crippen LogP) is 3.87. The Kier molecular flexibility index (Phi) is 3.74. The lowest BCUT2D eigenvalue weighted by Crippen LogP contribution is -2.00. The molecule has 3 rings (SSSR count). The summed E-state index contributed by atoms with van der Waals surface area (Å²) < 4.78 is 2.04. The van der Waals surface area contributed by atoms with Gasteiger partial charge in [0, 0.05) is 16.6 Å². The van der Waals surface area contributed by atoms with E-state index in [1.165, 1.54) is 21.6 Å². The number of aryl methyl sites for hydroxylation is 3. The molecule has 0 saturated carbocycles. The van der Waals surface area contributed by atoms with E-state index in [0.717, 1.165) is 17.1 Å². The van der Waals surface area contributed by atoms with Gasteiger partial charge in [-0.2, -0.15) is 0 Å². The number of rotatable bonds is 4. The van der Waals surface area contributed by atoms with Crippen molar-refractivity contribution < 1.29 is 9.90 Å². The van der Waals surface area contributed by atoms with Gasteiger partial charge in [-0.1, -0.05) is 30.7 Å². The molecule has 0 atom stereocenters. The fourth-order valence-electron chi connectivity index (χ4n) is 2.77. The maximum Gasteiger partial charge on any atom is 0.309 e. The summed E-state index contributed by atoms with van der Waals surface area (Å²) in [6, 6.07) is 6.43. The Morgan fingerprint density at radius 2 is 2.14 bits per heavy atom. The van der Waals surface area contributed by atoms with Crippen molar-refractivity contribution in [2.75, 3.05) is 0 Å². The number of carboxylic acid groups (broad SMARTS) is 1. The van der Waals surface area contributed by atoms with Crippen LogP contribution in [0.15, 0.2) is 24.4 Å². The van der Waals surface area contributed by atoms with E-state index < -0.39 is 5.97 Å². The minimum atomic E-state index is -0.852. The fraction of sp³-hybridized carbons (Fsp3) is 0.294. The molecule has 114 valence electrons. The quantitative estimate of drug-likeness (QED) is 0.795. The first-order valence-corrected chi connectivity index (χ1v) is 8.10. The van der Waals surface area contributed by atoms with Crippen LogP contribution < -0.4 is 0 Å². The molecule has 2 heterocycles. The Bertz CT molecular complexity index is 861. The highest BCUT2D eigenvalue weighted by Gasteiger charge is 2.17. The van der Waals surface area contributed by atoms with Gasteiger partial charge in [-0.25, -0.2) is 4.98 Å². The lowest BCUT2D eigenvalue weighted by molar-refractivity contribution is -0.136. The molecular formula is C17H18N2O2S. The van der Waals surface area contributed by atoms with Crippen LogP contribution in [0, 0.1) is 13.8 Å². The number of carbonyl (C=O) groups is 1. The number of carboxylic acids is 1. The van der Waals surface area contributed by atoms with Crippen molar-refractivity contribution in [3.05, 3.63) is 46.1 Å². The van der Waals surface area contributed by atoms with Gasteiger partial charge in [0.15, 0.2) is 4.96 Å². The summed E-state index contributed by atoms with van der Waals surface area (Å²) in [6.45, 7) is 6.33. The van der Waals surface area contributed by atoms with Crippen molar-refractivity contribution >= 4 is 22.3 Å². The standard InChI is InChI=1S/C17H18N2O2S/c1-4-14-16(13-6-5-10(2)7-11(13)3)19-9-12(8-15(20)21)18-17(19)22-14/h5-7,9H,4,8H2,1-3H3,(H,20,21). The molecular weight excluding hydrogens is 296 g/mol. The summed E-state index contributed by atoms with van der Waals surface area (Å²) in [6.07, 6.45) is 2.75. The maximum absolute atomic E-state index is 10.9. The maximum atomic E-state index is 10.9. The summed E-state index contributed by atoms with van der Waals surface area (Å²) in [5.41, 5.74) is 5.40. The van der Waals surface area contributed by atoms with Crippen LogP contribution in [0.4, 0.5) is 0 Å². The summed E-state index contributed by atoms with van der Waals surface area (Å²) in [7, 11) is 0. The van der Waals surface area contributed by atoms with E-state index in [9.17, 15) is 4.79 Å². The molecule has 0 fully saturated rings. The SMILES string of the molecule is CCc1sc2nc(CC(=O)O)cn2c1-c1ccc(C)cc1C. The van der Waals surface area contributed by atoms with Gasteiger partial charge in [-0.3, -0.25) is 9.20 Å². The molecule has 0 amide bonds. The molecule has 22 heavy (non-hydrogen) atoms. The van der Waals surface area contributed by atoms with Crippen LogP contribution in [0.25, 0.3) is 16.2 Å². The zero-order valence-corrected chi connectivity index (χ0v) is 13.7. The molecule has 0 spiro atoms. The first-order valence-electron chi connectivity index (χ1n) is 7.28. The number of thiazole rings is 1. The zero-order chi connectivity index (χ0) is 15.9. The first kappa shape index (κ1) is 14.8. The average Bonchev–Trinajstić information content (AvgIpc) is 2.95. The number of nitrogens with zero attached hydrogens (tertiary/aromatic N) is 2. The molecule has 4 nitrogen and oxygen atoms in total. The smallest absolute Gasteiger partial charge is 0.309 e. The number of aliphatic carboxylic acids is 1. The molecule has 1 N–H and O–H groups in total. The van der Waals surface area contributed by atoms with Crippen molar-refractivity contribution in [3.8, 4) is 11.3 Å². The lowest BCUT2D eigenvalue weighted by Gasteiger charge is -2.08. The normalized spacial score (nSPS) is 11.2. The van der Waals surface area contributed by atoms with Crippen LogP contribution in [-0.2, 0) is 17.6 Å². The molecule has 0 aliphatic heterocycles. The van der Waals surface area contributed by atoms with E-state index in [1.54, 1.807) is 11.3 Å². The fourth-order valence-corrected chi connectivity index (χ4v) is 3.85. The first-order chi connectivity index (χ1) is 10.5. The number of hydrogen-bond donors (Lipinski definition) is 1. The Hall–Kier alpha value is -2.14. The van der Waals surface area contributed by atoms with Crippen LogP contribution in [0.5, 0.6) is 0 Å². The number of imidazole rings is 1. The topological polar surface area (TPSA) is 54.6 Å². The second kappa shape index (κ2) is 5.57. The highest BCUT2D eigenvalue weighted by atomic mass is 32.1. The van der Waals surface area contributed by atoms with Gasteiger partial charge >= 0.3 is 5.97 Å². The van der Waals surface area contributed by atoms with Crippen molar-refractivity contribution in [1.29, 1.82) is 0 Å². The number of benzene rings is 1. The highest BCUT2D eigenvalue weighted by molar-refractivity contribution is 7.17. The predicted molar refractivity (Wildman–Crippen MR) is 88.7 cm³/mol. The Balaban J connectivity index is 2.21. The van der Waals surface area contributed by atoms with E-state index in [1.807, 2.05) is 10.6 Å². The largest absolute Gasteiger partial charge is 0.481 e. The van der Waals surface area contributed by atoms with Crippen LogP contribution in [0.2, 0.25) is 0 Å². The van der Waals surface area contributed by atoms with E-state index in [0.29, 0.717) is 5.69 Å². The van der Waals surface area contributed by atoms with Gasteiger partial charge in [-0.15, -0.1) is 11.3 Å². The third-order valence-corrected chi connectivity index (χ3v) is 4.93. The van der Waals surface area contributed by atoms with Gasteiger partial charge in [0.1, 0.15) is 0 Å². The van der Waals surface area contributed by atoms with E-state index in [2.05, 4.69) is 44.0 Å². The second-order valence-corrected chi connectivity index (χ2v) is 6.56. The second-order valence-electron chi connectivity index (χ2n) is 5.50. The third-order valence-electron chi connectivity index (χ3n) is 3.73. The minimum absolute atomic E-state index is 0.0395. The van der Waals surface area contributed by atoms with Gasteiger partial charge in [-0.05, 0) is 25.8 Å². The molecule has 2 aromatic heterocycles. The van der Waals surface area contributed by atoms with Crippen LogP contribution in [0.3, 0.4) is 0 Å². The summed E-state index contributed by atoms with van der Waals surface area (Å²) in [5, 5.41) is 8.95. The van der Waals surface area contributed by atoms with E-state index in [4.69, 9.17) is 5.11 Å². The lowest BCUT2D eigenvalue weighted by atomic mass is 10.0. The Morgan fingerprint density at radius 1 is 1.36 bits per heavy atom. The monoisotopic (exact) mass is 314 g/mol. The van der Waals surface area contributed by atoms with Crippen LogP contribution >= 0.6 is 11.3 Å². The molecule has 3 aromatic rings. The molecule has 0 saturated heterocycles. The molecule has 5 heteroatoms. The van der Waals surface area contributed by atoms with Gasteiger partial charge in [0.05, 0.1) is 17.8 Å². The van der Waals surface area contributed by atoms with Crippen LogP contribution in [0.1, 0.15) is 28.6 Å².